The first-order valence-electron chi connectivity index (χ1n) is 4.01. The van der Waals surface area contributed by atoms with Gasteiger partial charge in [0.2, 0.25) is 0 Å². The standard InChI is InChI=1S/C9H7ClN2O2/c1-5-2-7-8(11-5)3-6(10)4-9(7)12(13)14/h2-4,11H,1H3. The van der Waals surface area contributed by atoms with E-state index in [0.29, 0.717) is 15.9 Å². The van der Waals surface area contributed by atoms with E-state index in [4.69, 9.17) is 11.6 Å². The number of nitro groups is 1. The molecule has 0 aliphatic rings. The average molecular weight is 211 g/mol. The molecule has 2 aromatic rings. The van der Waals surface area contributed by atoms with Crippen LogP contribution in [-0.2, 0) is 0 Å². The first-order valence-corrected chi connectivity index (χ1v) is 4.39. The summed E-state index contributed by atoms with van der Waals surface area (Å²) in [5, 5.41) is 11.7. The molecule has 0 spiro atoms. The van der Waals surface area contributed by atoms with Gasteiger partial charge in [0.05, 0.1) is 15.8 Å². The molecule has 0 bridgehead atoms. The number of nitrogens with one attached hydrogen (secondary N) is 1. The number of hydrogen-bond donors (Lipinski definition) is 1. The number of rotatable bonds is 1. The van der Waals surface area contributed by atoms with Crippen molar-refractivity contribution in [2.24, 2.45) is 0 Å². The van der Waals surface area contributed by atoms with E-state index >= 15 is 0 Å². The second-order valence-electron chi connectivity index (χ2n) is 3.10. The zero-order chi connectivity index (χ0) is 10.3. The summed E-state index contributed by atoms with van der Waals surface area (Å²) >= 11 is 5.75. The Kier molecular flexibility index (Phi) is 1.93. The molecular formula is C9H7ClN2O2. The molecule has 72 valence electrons. The van der Waals surface area contributed by atoms with E-state index in [9.17, 15) is 10.1 Å². The topological polar surface area (TPSA) is 58.9 Å². The SMILES string of the molecule is Cc1cc2c([N+](=O)[O-])cc(Cl)cc2[nH]1. The average Bonchev–Trinajstić information content (AvgIpc) is 2.42. The van der Waals surface area contributed by atoms with E-state index in [1.54, 1.807) is 12.1 Å². The highest BCUT2D eigenvalue weighted by Crippen LogP contribution is 2.29. The number of benzene rings is 1. The lowest BCUT2D eigenvalue weighted by molar-refractivity contribution is -0.383. The largest absolute Gasteiger partial charge is 0.358 e. The third-order valence-corrected chi connectivity index (χ3v) is 2.23. The summed E-state index contributed by atoms with van der Waals surface area (Å²) in [5.74, 6) is 0. The van der Waals surface area contributed by atoms with Gasteiger partial charge in [-0.15, -0.1) is 0 Å². The maximum Gasteiger partial charge on any atom is 0.280 e. The Hall–Kier alpha value is -1.55. The smallest absolute Gasteiger partial charge is 0.280 e. The van der Waals surface area contributed by atoms with Gasteiger partial charge >= 0.3 is 0 Å². The van der Waals surface area contributed by atoms with Crippen LogP contribution in [0, 0.1) is 17.0 Å². The number of fused-ring (bicyclic) bond motifs is 1. The van der Waals surface area contributed by atoms with Gasteiger partial charge in [0.25, 0.3) is 5.69 Å². The lowest BCUT2D eigenvalue weighted by Gasteiger charge is -1.94. The maximum absolute atomic E-state index is 10.7. The highest BCUT2D eigenvalue weighted by molar-refractivity contribution is 6.31. The van der Waals surface area contributed by atoms with Crippen LogP contribution in [0.3, 0.4) is 0 Å². The van der Waals surface area contributed by atoms with Crippen molar-refractivity contribution in [2.75, 3.05) is 0 Å². The number of aromatic nitrogens is 1. The lowest BCUT2D eigenvalue weighted by atomic mass is 10.2. The summed E-state index contributed by atoms with van der Waals surface area (Å²) in [5.41, 5.74) is 1.61. The van der Waals surface area contributed by atoms with E-state index in [1.807, 2.05) is 6.92 Å². The van der Waals surface area contributed by atoms with Gasteiger partial charge in [0.15, 0.2) is 0 Å². The van der Waals surface area contributed by atoms with E-state index in [1.165, 1.54) is 6.07 Å². The van der Waals surface area contributed by atoms with Crippen LogP contribution < -0.4 is 0 Å². The molecule has 1 aromatic heterocycles. The van der Waals surface area contributed by atoms with Gasteiger partial charge in [-0.05, 0) is 19.1 Å². The Bertz CT molecular complexity index is 519. The van der Waals surface area contributed by atoms with Gasteiger partial charge in [0.1, 0.15) is 0 Å². The van der Waals surface area contributed by atoms with E-state index in [0.717, 1.165) is 5.69 Å². The molecule has 1 aromatic carbocycles. The molecule has 0 unspecified atom stereocenters. The normalized spacial score (nSPS) is 10.7. The third-order valence-electron chi connectivity index (χ3n) is 2.01. The number of hydrogen-bond acceptors (Lipinski definition) is 2. The second-order valence-corrected chi connectivity index (χ2v) is 3.53. The molecule has 14 heavy (non-hydrogen) atoms. The fourth-order valence-corrected chi connectivity index (χ4v) is 1.69. The fraction of sp³-hybridized carbons (Fsp3) is 0.111. The van der Waals surface area contributed by atoms with Crippen LogP contribution in [-0.4, -0.2) is 9.91 Å². The molecule has 0 radical (unpaired) electrons. The van der Waals surface area contributed by atoms with Crippen molar-refractivity contribution in [3.63, 3.8) is 0 Å². The number of halogens is 1. The first kappa shape index (κ1) is 9.02. The van der Waals surface area contributed by atoms with E-state index < -0.39 is 4.92 Å². The van der Waals surface area contributed by atoms with Gasteiger partial charge < -0.3 is 4.98 Å². The van der Waals surface area contributed by atoms with Crippen LogP contribution in [0.2, 0.25) is 5.02 Å². The first-order chi connectivity index (χ1) is 6.58. The molecule has 0 saturated heterocycles. The minimum absolute atomic E-state index is 0.0388. The summed E-state index contributed by atoms with van der Waals surface area (Å²) in [4.78, 5) is 13.3. The molecule has 0 amide bonds. The molecule has 0 fully saturated rings. The van der Waals surface area contributed by atoms with Crippen molar-refractivity contribution >= 4 is 28.2 Å². The minimum Gasteiger partial charge on any atom is -0.358 e. The van der Waals surface area contributed by atoms with Crippen LogP contribution >= 0.6 is 11.6 Å². The minimum atomic E-state index is -0.429. The molecule has 1 heterocycles. The van der Waals surface area contributed by atoms with E-state index in [-0.39, 0.29) is 5.69 Å². The van der Waals surface area contributed by atoms with Gasteiger partial charge in [-0.25, -0.2) is 0 Å². The predicted octanol–water partition coefficient (Wildman–Crippen LogP) is 3.04. The number of aromatic amines is 1. The Morgan fingerprint density at radius 1 is 1.43 bits per heavy atom. The summed E-state index contributed by atoms with van der Waals surface area (Å²) < 4.78 is 0. The second kappa shape index (κ2) is 2.99. The van der Waals surface area contributed by atoms with Crippen molar-refractivity contribution < 1.29 is 4.92 Å². The van der Waals surface area contributed by atoms with Crippen molar-refractivity contribution in [3.8, 4) is 0 Å². The third kappa shape index (κ3) is 1.33. The zero-order valence-electron chi connectivity index (χ0n) is 7.37. The lowest BCUT2D eigenvalue weighted by Crippen LogP contribution is -1.88. The summed E-state index contributed by atoms with van der Waals surface area (Å²) in [7, 11) is 0. The zero-order valence-corrected chi connectivity index (χ0v) is 8.13. The van der Waals surface area contributed by atoms with Crippen LogP contribution in [0.4, 0.5) is 5.69 Å². The number of nitro benzene ring substituents is 1. The van der Waals surface area contributed by atoms with Gasteiger partial charge in [0, 0.05) is 16.8 Å². The van der Waals surface area contributed by atoms with Crippen LogP contribution in [0.5, 0.6) is 0 Å². The Morgan fingerprint density at radius 3 is 2.79 bits per heavy atom. The summed E-state index contributed by atoms with van der Waals surface area (Å²) in [6.45, 7) is 1.84. The Balaban J connectivity index is 2.85. The maximum atomic E-state index is 10.7. The van der Waals surface area contributed by atoms with Gasteiger partial charge in [-0.2, -0.15) is 0 Å². The molecule has 5 heteroatoms. The molecule has 0 saturated carbocycles. The highest BCUT2D eigenvalue weighted by atomic mass is 35.5. The number of nitrogens with zero attached hydrogens (tertiary/aromatic N) is 1. The monoisotopic (exact) mass is 210 g/mol. The predicted molar refractivity (Wildman–Crippen MR) is 54.7 cm³/mol. The highest BCUT2D eigenvalue weighted by Gasteiger charge is 2.14. The van der Waals surface area contributed by atoms with Crippen LogP contribution in [0.25, 0.3) is 10.9 Å². The number of non-ortho nitro benzene ring substituents is 1. The Morgan fingerprint density at radius 2 is 2.14 bits per heavy atom. The number of aryl methyl sites for hydroxylation is 1. The van der Waals surface area contributed by atoms with Gasteiger partial charge in [-0.1, -0.05) is 11.6 Å². The number of H-pyrrole nitrogens is 1. The van der Waals surface area contributed by atoms with Crippen molar-refractivity contribution in [2.45, 2.75) is 6.92 Å². The fourth-order valence-electron chi connectivity index (χ4n) is 1.47. The van der Waals surface area contributed by atoms with Gasteiger partial charge in [-0.3, -0.25) is 10.1 Å². The summed E-state index contributed by atoms with van der Waals surface area (Å²) in [6, 6.07) is 4.78. The van der Waals surface area contributed by atoms with Crippen LogP contribution in [0.15, 0.2) is 18.2 Å². The molecule has 1 N–H and O–H groups in total. The van der Waals surface area contributed by atoms with Crippen molar-refractivity contribution in [3.05, 3.63) is 39.0 Å². The molecular weight excluding hydrogens is 204 g/mol. The Labute approximate surface area is 84.6 Å². The van der Waals surface area contributed by atoms with Crippen LogP contribution in [0.1, 0.15) is 5.69 Å². The quantitative estimate of drug-likeness (QED) is 0.581. The molecule has 4 nitrogen and oxygen atoms in total. The molecule has 0 atom stereocenters. The molecule has 0 aliphatic heterocycles. The van der Waals surface area contributed by atoms with E-state index in [2.05, 4.69) is 4.98 Å². The molecule has 2 rings (SSSR count). The van der Waals surface area contributed by atoms with Crippen molar-refractivity contribution in [1.82, 2.24) is 4.98 Å². The summed E-state index contributed by atoms with van der Waals surface area (Å²) in [6.07, 6.45) is 0. The molecule has 0 aliphatic carbocycles. The van der Waals surface area contributed by atoms with Crippen molar-refractivity contribution in [1.29, 1.82) is 0 Å².